The van der Waals surface area contributed by atoms with Gasteiger partial charge in [-0.2, -0.15) is 0 Å². The number of carbonyl (C=O) groups is 1. The first-order valence-corrected chi connectivity index (χ1v) is 8.94. The van der Waals surface area contributed by atoms with Crippen LogP contribution in [0.15, 0.2) is 29.3 Å². The normalized spacial score (nSPS) is 18.5. The average molecular weight is 351 g/mol. The molecule has 0 bridgehead atoms. The molecule has 1 amide bonds. The summed E-state index contributed by atoms with van der Waals surface area (Å²) < 4.78 is 0. The number of carbonyl (C=O) groups excluding carboxylic acids is 1. The molecule has 1 fully saturated rings. The molecule has 1 saturated heterocycles. The number of nitrogens with two attached hydrogens (primary N) is 1. The summed E-state index contributed by atoms with van der Waals surface area (Å²) >= 11 is 5.90. The minimum atomic E-state index is -0.215. The third-order valence-electron chi connectivity index (χ3n) is 4.36. The maximum Gasteiger partial charge on any atom is 0.217 e. The van der Waals surface area contributed by atoms with Crippen molar-refractivity contribution in [1.29, 1.82) is 0 Å². The Hall–Kier alpha value is -1.75. The minimum Gasteiger partial charge on any atom is -0.370 e. The molecule has 0 spiro atoms. The minimum absolute atomic E-state index is 0.215. The molecule has 6 heteroatoms. The van der Waals surface area contributed by atoms with E-state index >= 15 is 0 Å². The van der Waals surface area contributed by atoms with E-state index in [9.17, 15) is 4.79 Å². The van der Waals surface area contributed by atoms with Gasteiger partial charge in [-0.15, -0.1) is 0 Å². The maximum absolute atomic E-state index is 11.1. The number of hydrogen-bond donors (Lipinski definition) is 2. The zero-order chi connectivity index (χ0) is 17.4. The van der Waals surface area contributed by atoms with Crippen LogP contribution in [-0.2, 0) is 11.2 Å². The second-order valence-corrected chi connectivity index (χ2v) is 6.77. The number of nitrogens with one attached hydrogen (secondary N) is 1. The van der Waals surface area contributed by atoms with Crippen molar-refractivity contribution >= 4 is 23.5 Å². The molecule has 1 heterocycles. The lowest BCUT2D eigenvalue weighted by molar-refractivity contribution is -0.119. The number of halogens is 1. The van der Waals surface area contributed by atoms with E-state index in [4.69, 9.17) is 17.3 Å². The van der Waals surface area contributed by atoms with E-state index in [0.717, 1.165) is 56.3 Å². The molecule has 2 rings (SSSR count). The second kappa shape index (κ2) is 9.52. The zero-order valence-corrected chi connectivity index (χ0v) is 15.1. The summed E-state index contributed by atoms with van der Waals surface area (Å²) in [6.07, 6.45) is 4.63. The Morgan fingerprint density at radius 1 is 1.42 bits per heavy atom. The van der Waals surface area contributed by atoms with Crippen molar-refractivity contribution in [3.8, 4) is 0 Å². The summed E-state index contributed by atoms with van der Waals surface area (Å²) in [5.74, 6) is 1.04. The number of aryl methyl sites for hydroxylation is 1. The van der Waals surface area contributed by atoms with Gasteiger partial charge in [-0.1, -0.05) is 23.7 Å². The van der Waals surface area contributed by atoms with E-state index in [1.54, 1.807) is 7.05 Å². The Morgan fingerprint density at radius 2 is 2.17 bits per heavy atom. The van der Waals surface area contributed by atoms with E-state index in [-0.39, 0.29) is 5.91 Å². The van der Waals surface area contributed by atoms with Crippen LogP contribution in [0.3, 0.4) is 0 Å². The highest BCUT2D eigenvalue weighted by molar-refractivity contribution is 6.30. The van der Waals surface area contributed by atoms with Gasteiger partial charge < -0.3 is 16.0 Å². The lowest BCUT2D eigenvalue weighted by atomic mass is 9.95. The molecule has 0 aliphatic carbocycles. The topological polar surface area (TPSA) is 70.7 Å². The Labute approximate surface area is 149 Å². The van der Waals surface area contributed by atoms with Crippen LogP contribution in [0, 0.1) is 5.92 Å². The molecule has 1 unspecified atom stereocenters. The van der Waals surface area contributed by atoms with Crippen molar-refractivity contribution in [2.24, 2.45) is 16.6 Å². The summed E-state index contributed by atoms with van der Waals surface area (Å²) in [4.78, 5) is 17.7. The van der Waals surface area contributed by atoms with Gasteiger partial charge in [0.2, 0.25) is 5.91 Å². The Morgan fingerprint density at radius 3 is 2.83 bits per heavy atom. The molecule has 5 nitrogen and oxygen atoms in total. The summed E-state index contributed by atoms with van der Waals surface area (Å²) in [5.41, 5.74) is 6.62. The molecular formula is C18H27ClN4O. The van der Waals surface area contributed by atoms with Crippen LogP contribution in [0.1, 0.15) is 31.2 Å². The first-order valence-electron chi connectivity index (χ1n) is 8.57. The SMILES string of the molecule is CN=C(NCCCc1ccc(Cl)cc1)N1CCCC(CC(N)=O)C1. The molecular weight excluding hydrogens is 324 g/mol. The van der Waals surface area contributed by atoms with Crippen molar-refractivity contribution in [1.82, 2.24) is 10.2 Å². The van der Waals surface area contributed by atoms with Crippen LogP contribution in [0.2, 0.25) is 5.02 Å². The Balaban J connectivity index is 1.75. The number of nitrogens with zero attached hydrogens (tertiary/aromatic N) is 2. The highest BCUT2D eigenvalue weighted by Gasteiger charge is 2.23. The van der Waals surface area contributed by atoms with Gasteiger partial charge in [-0.25, -0.2) is 0 Å². The summed E-state index contributed by atoms with van der Waals surface area (Å²) in [6, 6.07) is 7.98. The maximum atomic E-state index is 11.1. The third-order valence-corrected chi connectivity index (χ3v) is 4.61. The molecule has 132 valence electrons. The van der Waals surface area contributed by atoms with Crippen molar-refractivity contribution in [2.75, 3.05) is 26.7 Å². The van der Waals surface area contributed by atoms with Crippen LogP contribution in [0.5, 0.6) is 0 Å². The fourth-order valence-corrected chi connectivity index (χ4v) is 3.31. The van der Waals surface area contributed by atoms with Crippen molar-refractivity contribution in [3.05, 3.63) is 34.9 Å². The van der Waals surface area contributed by atoms with Crippen LogP contribution in [0.25, 0.3) is 0 Å². The van der Waals surface area contributed by atoms with E-state index in [0.29, 0.717) is 12.3 Å². The quantitative estimate of drug-likeness (QED) is 0.470. The number of rotatable bonds is 6. The molecule has 0 aromatic heterocycles. The molecule has 24 heavy (non-hydrogen) atoms. The third kappa shape index (κ3) is 6.04. The first kappa shape index (κ1) is 18.6. The average Bonchev–Trinajstić information content (AvgIpc) is 2.56. The predicted molar refractivity (Wildman–Crippen MR) is 99.2 cm³/mol. The molecule has 1 aliphatic heterocycles. The van der Waals surface area contributed by atoms with E-state index in [1.165, 1.54) is 5.56 Å². The second-order valence-electron chi connectivity index (χ2n) is 6.33. The molecule has 1 aliphatic rings. The van der Waals surface area contributed by atoms with E-state index < -0.39 is 0 Å². The van der Waals surface area contributed by atoms with Crippen LogP contribution in [0.4, 0.5) is 0 Å². The van der Waals surface area contributed by atoms with E-state index in [1.807, 2.05) is 12.1 Å². The number of aliphatic imine (C=N–C) groups is 1. The molecule has 3 N–H and O–H groups in total. The number of likely N-dealkylation sites (tertiary alicyclic amines) is 1. The van der Waals surface area contributed by atoms with Gasteiger partial charge in [0, 0.05) is 38.1 Å². The first-order chi connectivity index (χ1) is 11.6. The Bertz CT molecular complexity index is 559. The lowest BCUT2D eigenvalue weighted by Crippen LogP contribution is -2.47. The number of primary amides is 1. The van der Waals surface area contributed by atoms with Crippen LogP contribution >= 0.6 is 11.6 Å². The van der Waals surface area contributed by atoms with Gasteiger partial charge in [-0.05, 0) is 49.3 Å². The monoisotopic (exact) mass is 350 g/mol. The van der Waals surface area contributed by atoms with Crippen LogP contribution < -0.4 is 11.1 Å². The summed E-state index contributed by atoms with van der Waals surface area (Å²) in [7, 11) is 1.80. The Kier molecular flexibility index (Phi) is 7.37. The molecule has 1 aromatic rings. The van der Waals surface area contributed by atoms with Gasteiger partial charge in [0.1, 0.15) is 0 Å². The number of guanidine groups is 1. The lowest BCUT2D eigenvalue weighted by Gasteiger charge is -2.34. The summed E-state index contributed by atoms with van der Waals surface area (Å²) in [5, 5.41) is 4.20. The highest BCUT2D eigenvalue weighted by Crippen LogP contribution is 2.19. The fourth-order valence-electron chi connectivity index (χ4n) is 3.18. The molecule has 0 saturated carbocycles. The van der Waals surface area contributed by atoms with Gasteiger partial charge in [-0.3, -0.25) is 9.79 Å². The molecule has 1 aromatic carbocycles. The van der Waals surface area contributed by atoms with Crippen LogP contribution in [-0.4, -0.2) is 43.4 Å². The predicted octanol–water partition coefficient (Wildman–Crippen LogP) is 2.44. The van der Waals surface area contributed by atoms with Crippen molar-refractivity contribution < 1.29 is 4.79 Å². The summed E-state index contributed by atoms with van der Waals surface area (Å²) in [6.45, 7) is 2.69. The fraction of sp³-hybridized carbons (Fsp3) is 0.556. The smallest absolute Gasteiger partial charge is 0.217 e. The van der Waals surface area contributed by atoms with Gasteiger partial charge in [0.15, 0.2) is 5.96 Å². The number of hydrogen-bond acceptors (Lipinski definition) is 2. The number of piperidine rings is 1. The van der Waals surface area contributed by atoms with Gasteiger partial charge in [0.25, 0.3) is 0 Å². The molecule has 1 atom stereocenters. The molecule has 0 radical (unpaired) electrons. The van der Waals surface area contributed by atoms with Gasteiger partial charge in [0.05, 0.1) is 0 Å². The standard InChI is InChI=1S/C18H27ClN4O/c1-21-18(23-11-3-5-15(13-23)12-17(20)24)22-10-2-4-14-6-8-16(19)9-7-14/h6-9,15H,2-5,10-13H2,1H3,(H2,20,24)(H,21,22). The number of amides is 1. The van der Waals surface area contributed by atoms with Crippen molar-refractivity contribution in [2.45, 2.75) is 32.1 Å². The van der Waals surface area contributed by atoms with Crippen molar-refractivity contribution in [3.63, 3.8) is 0 Å². The number of benzene rings is 1. The zero-order valence-electron chi connectivity index (χ0n) is 14.3. The van der Waals surface area contributed by atoms with Gasteiger partial charge >= 0.3 is 0 Å². The highest BCUT2D eigenvalue weighted by atomic mass is 35.5. The largest absolute Gasteiger partial charge is 0.370 e. The van der Waals surface area contributed by atoms with E-state index in [2.05, 4.69) is 27.3 Å².